The van der Waals surface area contributed by atoms with Crippen LogP contribution in [0.4, 0.5) is 4.79 Å². The average molecular weight is 501 g/mol. The van der Waals surface area contributed by atoms with Gasteiger partial charge in [0.05, 0.1) is 24.7 Å². The first-order chi connectivity index (χ1) is 17.0. The number of aromatic nitrogens is 2. The van der Waals surface area contributed by atoms with Gasteiger partial charge in [0.15, 0.2) is 0 Å². The molecule has 1 aliphatic heterocycles. The summed E-state index contributed by atoms with van der Waals surface area (Å²) in [7, 11) is 1.31. The van der Waals surface area contributed by atoms with Crippen LogP contribution in [0.2, 0.25) is 0 Å². The zero-order chi connectivity index (χ0) is 26.3. The molecule has 0 radical (unpaired) electrons. The van der Waals surface area contributed by atoms with Gasteiger partial charge in [0.25, 0.3) is 6.01 Å². The van der Waals surface area contributed by atoms with Gasteiger partial charge in [-0.3, -0.25) is 14.3 Å². The number of fused-ring (bicyclic) bond motifs is 1. The molecule has 2 fully saturated rings. The van der Waals surface area contributed by atoms with Gasteiger partial charge >= 0.3 is 12.1 Å². The second-order valence-electron chi connectivity index (χ2n) is 10.5. The van der Waals surface area contributed by atoms with Gasteiger partial charge in [0.2, 0.25) is 5.91 Å². The van der Waals surface area contributed by atoms with Gasteiger partial charge in [-0.05, 0) is 52.2 Å². The highest BCUT2D eigenvalue weighted by Gasteiger charge is 2.62. The largest absolute Gasteiger partial charge is 0.467 e. The summed E-state index contributed by atoms with van der Waals surface area (Å²) in [4.78, 5) is 45.1. The highest BCUT2D eigenvalue weighted by molar-refractivity contribution is 5.94. The molecule has 36 heavy (non-hydrogen) atoms. The molecule has 4 atom stereocenters. The third kappa shape index (κ3) is 4.85. The van der Waals surface area contributed by atoms with Gasteiger partial charge in [-0.25, -0.2) is 9.59 Å². The van der Waals surface area contributed by atoms with Crippen LogP contribution in [0.25, 0.3) is 11.0 Å². The summed E-state index contributed by atoms with van der Waals surface area (Å²) < 4.78 is 18.8. The first-order valence-electron chi connectivity index (χ1n) is 12.5. The van der Waals surface area contributed by atoms with Crippen LogP contribution >= 0.6 is 0 Å². The van der Waals surface area contributed by atoms with Crippen molar-refractivity contribution in [2.75, 3.05) is 13.7 Å². The van der Waals surface area contributed by atoms with Gasteiger partial charge in [-0.1, -0.05) is 25.5 Å². The predicted octanol–water partition coefficient (Wildman–Crippen LogP) is 3.27. The molecule has 10 nitrogen and oxygen atoms in total. The molecule has 1 aromatic heterocycles. The predicted molar refractivity (Wildman–Crippen MR) is 132 cm³/mol. The first-order valence-corrected chi connectivity index (χ1v) is 12.5. The lowest BCUT2D eigenvalue weighted by molar-refractivity contribution is -0.147. The SMILES string of the molecule is CC[C@@H]1CC1(NC(=O)[C@@H]1C[C@@H](Oc2nc3ccccc3n2CC)CN1C(=O)OC(C)(C)C)C(=O)OC. The Kier molecular flexibility index (Phi) is 6.90. The van der Waals surface area contributed by atoms with Crippen molar-refractivity contribution in [2.45, 2.75) is 83.7 Å². The van der Waals surface area contributed by atoms with E-state index in [1.54, 1.807) is 20.8 Å². The Morgan fingerprint density at radius 1 is 1.19 bits per heavy atom. The van der Waals surface area contributed by atoms with Gasteiger partial charge in [0.1, 0.15) is 23.3 Å². The lowest BCUT2D eigenvalue weighted by Crippen LogP contribution is -2.53. The van der Waals surface area contributed by atoms with Crippen LogP contribution in [0.3, 0.4) is 0 Å². The number of methoxy groups -OCH3 is 1. The summed E-state index contributed by atoms with van der Waals surface area (Å²) in [6.45, 7) is 10.1. The lowest BCUT2D eigenvalue weighted by atomic mass is 10.1. The zero-order valence-corrected chi connectivity index (χ0v) is 21.9. The summed E-state index contributed by atoms with van der Waals surface area (Å²) in [6.07, 6.45) is 0.404. The number of imidazole rings is 1. The van der Waals surface area contributed by atoms with Crippen molar-refractivity contribution in [3.8, 4) is 6.01 Å². The summed E-state index contributed by atoms with van der Waals surface area (Å²) in [5, 5.41) is 2.90. The van der Waals surface area contributed by atoms with Crippen LogP contribution in [-0.4, -0.2) is 69.4 Å². The van der Waals surface area contributed by atoms with E-state index in [-0.39, 0.29) is 18.9 Å². The van der Waals surface area contributed by atoms with E-state index in [9.17, 15) is 14.4 Å². The Balaban J connectivity index is 1.57. The van der Waals surface area contributed by atoms with Gasteiger partial charge < -0.3 is 19.5 Å². The number of ether oxygens (including phenoxy) is 3. The fourth-order valence-electron chi connectivity index (χ4n) is 5.01. The highest BCUT2D eigenvalue weighted by Crippen LogP contribution is 2.47. The summed E-state index contributed by atoms with van der Waals surface area (Å²) in [5.41, 5.74) is -0.0183. The highest BCUT2D eigenvalue weighted by atomic mass is 16.6. The number of esters is 1. The van der Waals surface area contributed by atoms with Crippen LogP contribution < -0.4 is 10.1 Å². The molecule has 196 valence electrons. The minimum absolute atomic E-state index is 0.00166. The Morgan fingerprint density at radius 3 is 2.53 bits per heavy atom. The van der Waals surface area contributed by atoms with Crippen molar-refractivity contribution in [2.24, 2.45) is 5.92 Å². The van der Waals surface area contributed by atoms with Crippen molar-refractivity contribution in [1.82, 2.24) is 19.8 Å². The number of nitrogens with one attached hydrogen (secondary N) is 1. The van der Waals surface area contributed by atoms with E-state index in [1.807, 2.05) is 42.7 Å². The molecule has 1 saturated carbocycles. The van der Waals surface area contributed by atoms with Crippen molar-refractivity contribution < 1.29 is 28.6 Å². The maximum Gasteiger partial charge on any atom is 0.411 e. The molecular weight excluding hydrogens is 464 g/mol. The van der Waals surface area contributed by atoms with Gasteiger partial charge in [-0.2, -0.15) is 4.98 Å². The normalized spacial score (nSPS) is 25.5. The maximum atomic E-state index is 13.5. The second kappa shape index (κ2) is 9.63. The lowest BCUT2D eigenvalue weighted by Gasteiger charge is -2.28. The molecule has 1 unspecified atom stereocenters. The summed E-state index contributed by atoms with van der Waals surface area (Å²) in [5.74, 6) is -0.881. The van der Waals surface area contributed by atoms with E-state index in [0.717, 1.165) is 17.5 Å². The topological polar surface area (TPSA) is 112 Å². The molecular formula is C26H36N4O6. The number of carbonyl (C=O) groups excluding carboxylic acids is 3. The number of nitrogens with zero attached hydrogens (tertiary/aromatic N) is 3. The smallest absolute Gasteiger partial charge is 0.411 e. The molecule has 10 heteroatoms. The molecule has 2 aromatic rings. The fraction of sp³-hybridized carbons (Fsp3) is 0.615. The Bertz CT molecular complexity index is 1150. The Hall–Kier alpha value is -3.30. The molecule has 2 aliphatic rings. The molecule has 2 heterocycles. The molecule has 1 aliphatic carbocycles. The number of para-hydroxylation sites is 2. The van der Waals surface area contributed by atoms with Crippen LogP contribution in [0.1, 0.15) is 53.9 Å². The minimum atomic E-state index is -1.05. The Morgan fingerprint density at radius 2 is 1.92 bits per heavy atom. The molecule has 2 amide bonds. The quantitative estimate of drug-likeness (QED) is 0.581. The third-order valence-corrected chi connectivity index (χ3v) is 6.90. The van der Waals surface area contributed by atoms with Crippen molar-refractivity contribution >= 4 is 29.0 Å². The van der Waals surface area contributed by atoms with E-state index < -0.39 is 41.3 Å². The van der Waals surface area contributed by atoms with Crippen LogP contribution in [-0.2, 0) is 25.6 Å². The molecule has 1 N–H and O–H groups in total. The van der Waals surface area contributed by atoms with E-state index in [1.165, 1.54) is 12.0 Å². The van der Waals surface area contributed by atoms with Gasteiger partial charge in [-0.15, -0.1) is 0 Å². The van der Waals surface area contributed by atoms with Crippen LogP contribution in [0.15, 0.2) is 24.3 Å². The third-order valence-electron chi connectivity index (χ3n) is 6.90. The van der Waals surface area contributed by atoms with Crippen molar-refractivity contribution in [3.63, 3.8) is 0 Å². The standard InChI is InChI=1S/C26H36N4O6/c1-7-16-14-26(16,22(32)34-6)28-21(31)20-13-17(15-30(20)24(33)36-25(3,4)5)35-23-27-18-11-9-10-12-19(18)29(23)8-2/h9-12,16-17,20H,7-8,13-15H2,1-6H3,(H,28,31)/t16-,17-,20+,26?/m1/s1. The zero-order valence-electron chi connectivity index (χ0n) is 21.9. The van der Waals surface area contributed by atoms with E-state index in [0.29, 0.717) is 19.0 Å². The minimum Gasteiger partial charge on any atom is -0.467 e. The number of benzene rings is 1. The van der Waals surface area contributed by atoms with E-state index in [4.69, 9.17) is 14.2 Å². The van der Waals surface area contributed by atoms with E-state index >= 15 is 0 Å². The fourth-order valence-corrected chi connectivity index (χ4v) is 5.01. The monoisotopic (exact) mass is 500 g/mol. The number of hydrogen-bond acceptors (Lipinski definition) is 7. The molecule has 0 spiro atoms. The summed E-state index contributed by atoms with van der Waals surface area (Å²) in [6, 6.07) is 7.33. The number of hydrogen-bond donors (Lipinski definition) is 1. The van der Waals surface area contributed by atoms with Crippen molar-refractivity contribution in [3.05, 3.63) is 24.3 Å². The second-order valence-corrected chi connectivity index (χ2v) is 10.5. The number of likely N-dealkylation sites (tertiary alicyclic amines) is 1. The number of carbonyl (C=O) groups is 3. The number of amides is 2. The summed E-state index contributed by atoms with van der Waals surface area (Å²) >= 11 is 0. The average Bonchev–Trinajstić information content (AvgIpc) is 3.19. The first kappa shape index (κ1) is 25.8. The van der Waals surface area contributed by atoms with E-state index in [2.05, 4.69) is 10.3 Å². The number of aryl methyl sites for hydroxylation is 1. The van der Waals surface area contributed by atoms with Crippen molar-refractivity contribution in [1.29, 1.82) is 0 Å². The van der Waals surface area contributed by atoms with Gasteiger partial charge in [0, 0.05) is 13.0 Å². The molecule has 0 bridgehead atoms. The molecule has 1 aromatic carbocycles. The number of rotatable bonds is 7. The molecule has 4 rings (SSSR count). The Labute approximate surface area is 211 Å². The van der Waals surface area contributed by atoms with Crippen LogP contribution in [0, 0.1) is 5.92 Å². The van der Waals surface area contributed by atoms with Crippen LogP contribution in [0.5, 0.6) is 6.01 Å². The maximum absolute atomic E-state index is 13.5. The molecule has 1 saturated heterocycles.